The zero-order chi connectivity index (χ0) is 22.6. The minimum absolute atomic E-state index is 0.148. The standard InChI is InChI=1S/C18H14ClF5N2O4/c1-29-15(28)16(17(20,21)22,26-14(27)11-5-3-2-4-6-11)25-12-7-9-13(10-8-12)30-18(19,23)24/h2-10,25H,1H3,(H,26,27)/t16-/m1/s1. The van der Waals surface area contributed by atoms with Gasteiger partial charge in [-0.3, -0.25) is 4.79 Å². The van der Waals surface area contributed by atoms with Crippen LogP contribution in [0, 0.1) is 0 Å². The quantitative estimate of drug-likeness (QED) is 0.286. The first kappa shape index (κ1) is 23.2. The first-order chi connectivity index (χ1) is 13.9. The summed E-state index contributed by atoms with van der Waals surface area (Å²) < 4.78 is 75.5. The number of nitrogens with one attached hydrogen (secondary N) is 2. The van der Waals surface area contributed by atoms with Crippen LogP contribution in [0.4, 0.5) is 27.6 Å². The number of amides is 1. The lowest BCUT2D eigenvalue weighted by atomic mass is 10.1. The van der Waals surface area contributed by atoms with Crippen LogP contribution in [0.2, 0.25) is 0 Å². The maximum atomic E-state index is 14.0. The van der Waals surface area contributed by atoms with Crippen molar-refractivity contribution in [1.29, 1.82) is 0 Å². The van der Waals surface area contributed by atoms with Crippen LogP contribution in [-0.2, 0) is 9.53 Å². The van der Waals surface area contributed by atoms with E-state index in [1.165, 1.54) is 24.3 Å². The SMILES string of the molecule is COC(=O)[C@](NC(=O)c1ccccc1)(Nc1ccc(OC(F)(F)Cl)cc1)C(F)(F)F. The number of carbonyl (C=O) groups is 2. The van der Waals surface area contributed by atoms with Crippen LogP contribution in [-0.4, -0.2) is 36.4 Å². The third-order valence-electron chi connectivity index (χ3n) is 3.67. The number of methoxy groups -OCH3 is 1. The molecule has 0 aromatic heterocycles. The average molecular weight is 453 g/mol. The summed E-state index contributed by atoms with van der Waals surface area (Å²) in [4.78, 5) is 24.5. The normalized spacial score (nSPS) is 13.7. The van der Waals surface area contributed by atoms with Crippen molar-refractivity contribution in [3.8, 4) is 5.75 Å². The number of esters is 1. The fraction of sp³-hybridized carbons (Fsp3) is 0.222. The molecule has 2 aromatic rings. The Morgan fingerprint density at radius 1 is 0.933 bits per heavy atom. The van der Waals surface area contributed by atoms with Gasteiger partial charge in [0.15, 0.2) is 0 Å². The van der Waals surface area contributed by atoms with Gasteiger partial charge in [0.05, 0.1) is 7.11 Å². The van der Waals surface area contributed by atoms with Gasteiger partial charge in [0.1, 0.15) is 5.75 Å². The number of alkyl halides is 6. The molecule has 2 rings (SSSR count). The van der Waals surface area contributed by atoms with Gasteiger partial charge >= 0.3 is 23.4 Å². The van der Waals surface area contributed by atoms with E-state index in [1.807, 2.05) is 5.32 Å². The third kappa shape index (κ3) is 5.50. The maximum absolute atomic E-state index is 14.0. The zero-order valence-electron chi connectivity index (χ0n) is 15.1. The van der Waals surface area contributed by atoms with Crippen LogP contribution in [0.3, 0.4) is 0 Å². The van der Waals surface area contributed by atoms with Gasteiger partial charge < -0.3 is 20.1 Å². The van der Waals surface area contributed by atoms with Crippen LogP contribution in [0.15, 0.2) is 54.6 Å². The van der Waals surface area contributed by atoms with Crippen molar-refractivity contribution in [3.63, 3.8) is 0 Å². The van der Waals surface area contributed by atoms with Crippen LogP contribution >= 0.6 is 11.6 Å². The molecule has 0 aliphatic heterocycles. The Hall–Kier alpha value is -3.08. The molecule has 1 atom stereocenters. The summed E-state index contributed by atoms with van der Waals surface area (Å²) in [5.41, 5.74) is -8.21. The monoisotopic (exact) mass is 452 g/mol. The van der Waals surface area contributed by atoms with Gasteiger partial charge in [0, 0.05) is 22.9 Å². The highest BCUT2D eigenvalue weighted by Gasteiger charge is 2.63. The molecule has 0 heterocycles. The van der Waals surface area contributed by atoms with E-state index in [9.17, 15) is 31.5 Å². The Morgan fingerprint density at radius 2 is 1.50 bits per heavy atom. The van der Waals surface area contributed by atoms with Crippen molar-refractivity contribution in [1.82, 2.24) is 5.32 Å². The fourth-order valence-corrected chi connectivity index (χ4v) is 2.42. The maximum Gasteiger partial charge on any atom is 0.487 e. The van der Waals surface area contributed by atoms with Gasteiger partial charge in [-0.1, -0.05) is 18.2 Å². The molecule has 12 heteroatoms. The number of anilines is 1. The highest BCUT2D eigenvalue weighted by atomic mass is 35.5. The van der Waals surface area contributed by atoms with E-state index in [1.54, 1.807) is 11.4 Å². The molecule has 0 spiro atoms. The van der Waals surface area contributed by atoms with E-state index in [4.69, 9.17) is 0 Å². The second kappa shape index (κ2) is 8.74. The minimum Gasteiger partial charge on any atom is -0.466 e. The lowest BCUT2D eigenvalue weighted by Gasteiger charge is -2.35. The Kier molecular flexibility index (Phi) is 6.76. The number of rotatable bonds is 7. The molecule has 0 fully saturated rings. The number of benzene rings is 2. The summed E-state index contributed by atoms with van der Waals surface area (Å²) in [5.74, 6) is -3.52. The Labute approximate surface area is 171 Å². The van der Waals surface area contributed by atoms with E-state index < -0.39 is 35.0 Å². The summed E-state index contributed by atoms with van der Waals surface area (Å²) in [6, 6.07) is 10.5. The van der Waals surface area contributed by atoms with E-state index in [2.05, 4.69) is 21.1 Å². The van der Waals surface area contributed by atoms with Gasteiger partial charge in [0.25, 0.3) is 5.91 Å². The molecule has 2 aromatic carbocycles. The van der Waals surface area contributed by atoms with Gasteiger partial charge in [0.2, 0.25) is 0 Å². The van der Waals surface area contributed by atoms with Gasteiger partial charge in [-0.25, -0.2) is 4.79 Å². The smallest absolute Gasteiger partial charge is 0.466 e. The van der Waals surface area contributed by atoms with Crippen molar-refractivity contribution < 1.29 is 41.0 Å². The van der Waals surface area contributed by atoms with Gasteiger partial charge in [-0.2, -0.15) is 13.2 Å². The molecule has 0 saturated heterocycles. The zero-order valence-corrected chi connectivity index (χ0v) is 15.9. The molecular weight excluding hydrogens is 439 g/mol. The first-order valence-corrected chi connectivity index (χ1v) is 8.42. The summed E-state index contributed by atoms with van der Waals surface area (Å²) >= 11 is 4.62. The molecule has 0 bridgehead atoms. The predicted octanol–water partition coefficient (Wildman–Crippen LogP) is 4.13. The van der Waals surface area contributed by atoms with Gasteiger partial charge in [-0.15, -0.1) is 8.78 Å². The summed E-state index contributed by atoms with van der Waals surface area (Å²) in [6.45, 7) is 0. The van der Waals surface area contributed by atoms with E-state index in [-0.39, 0.29) is 11.3 Å². The summed E-state index contributed by atoms with van der Waals surface area (Å²) in [7, 11) is 0.707. The molecular formula is C18H14ClF5N2O4. The second-order valence-corrected chi connectivity index (χ2v) is 6.20. The molecule has 2 N–H and O–H groups in total. The molecule has 6 nitrogen and oxygen atoms in total. The fourth-order valence-electron chi connectivity index (χ4n) is 2.33. The highest BCUT2D eigenvalue weighted by molar-refractivity contribution is 6.20. The Balaban J connectivity index is 2.40. The molecule has 0 aliphatic carbocycles. The number of hydrogen-bond acceptors (Lipinski definition) is 5. The highest BCUT2D eigenvalue weighted by Crippen LogP contribution is 2.34. The van der Waals surface area contributed by atoms with Crippen molar-refractivity contribution in [2.75, 3.05) is 12.4 Å². The largest absolute Gasteiger partial charge is 0.487 e. The Morgan fingerprint density at radius 3 is 1.97 bits per heavy atom. The summed E-state index contributed by atoms with van der Waals surface area (Å²) in [6.07, 6.45) is -5.36. The van der Waals surface area contributed by atoms with Crippen molar-refractivity contribution in [2.45, 2.75) is 17.4 Å². The summed E-state index contributed by atoms with van der Waals surface area (Å²) in [5, 5.41) is 3.48. The lowest BCUT2D eigenvalue weighted by molar-refractivity contribution is -0.203. The van der Waals surface area contributed by atoms with Crippen molar-refractivity contribution in [3.05, 3.63) is 60.2 Å². The number of halogens is 6. The van der Waals surface area contributed by atoms with Crippen molar-refractivity contribution in [2.24, 2.45) is 0 Å². The third-order valence-corrected chi connectivity index (χ3v) is 3.75. The van der Waals surface area contributed by atoms with Crippen LogP contribution in [0.25, 0.3) is 0 Å². The molecule has 0 radical (unpaired) electrons. The molecule has 0 unspecified atom stereocenters. The second-order valence-electron chi connectivity index (χ2n) is 5.76. The van der Waals surface area contributed by atoms with Gasteiger partial charge in [-0.05, 0) is 36.4 Å². The number of hydrogen-bond donors (Lipinski definition) is 2. The van der Waals surface area contributed by atoms with Crippen LogP contribution < -0.4 is 15.4 Å². The van der Waals surface area contributed by atoms with E-state index >= 15 is 0 Å². The number of carbonyl (C=O) groups excluding carboxylic acids is 2. The first-order valence-electron chi connectivity index (χ1n) is 8.04. The minimum atomic E-state index is -5.36. The predicted molar refractivity (Wildman–Crippen MR) is 96.2 cm³/mol. The van der Waals surface area contributed by atoms with E-state index in [0.717, 1.165) is 24.3 Å². The molecule has 0 saturated carbocycles. The Bertz CT molecular complexity index is 888. The van der Waals surface area contributed by atoms with E-state index in [0.29, 0.717) is 7.11 Å². The van der Waals surface area contributed by atoms with Crippen LogP contribution in [0.1, 0.15) is 10.4 Å². The average Bonchev–Trinajstić information content (AvgIpc) is 2.66. The molecule has 162 valence electrons. The van der Waals surface area contributed by atoms with Crippen LogP contribution in [0.5, 0.6) is 5.75 Å². The number of ether oxygens (including phenoxy) is 2. The molecule has 0 aliphatic rings. The topological polar surface area (TPSA) is 76.7 Å². The van der Waals surface area contributed by atoms with Crippen molar-refractivity contribution >= 4 is 29.2 Å². The lowest BCUT2D eigenvalue weighted by Crippen LogP contribution is -2.69. The molecule has 1 amide bonds. The molecule has 30 heavy (non-hydrogen) atoms.